The molecule has 2 rings (SSSR count). The summed E-state index contributed by atoms with van der Waals surface area (Å²) in [6, 6.07) is 8.44. The van der Waals surface area contributed by atoms with Crippen LogP contribution in [0.25, 0.3) is 0 Å². The van der Waals surface area contributed by atoms with Crippen LogP contribution in [0.5, 0.6) is 5.75 Å². The van der Waals surface area contributed by atoms with E-state index in [1.165, 1.54) is 5.56 Å². The first kappa shape index (κ1) is 12.4. The number of nitrogens with zero attached hydrogens (tertiary/aromatic N) is 1. The van der Waals surface area contributed by atoms with Gasteiger partial charge in [0.25, 0.3) is 0 Å². The number of para-hydroxylation sites is 1. The Hall–Kier alpha value is -1.02. The number of rotatable bonds is 3. The molecule has 17 heavy (non-hydrogen) atoms. The van der Waals surface area contributed by atoms with Gasteiger partial charge in [-0.05, 0) is 37.4 Å². The molecule has 0 aromatic heterocycles. The monoisotopic (exact) mass is 233 g/mol. The second-order valence-corrected chi connectivity index (χ2v) is 5.31. The highest BCUT2D eigenvalue weighted by Crippen LogP contribution is 2.28. The van der Waals surface area contributed by atoms with Gasteiger partial charge in [0.05, 0.1) is 0 Å². The van der Waals surface area contributed by atoms with Crippen LogP contribution in [0.15, 0.2) is 24.3 Å². The van der Waals surface area contributed by atoms with E-state index in [1.54, 1.807) is 0 Å². The molecule has 0 amide bonds. The van der Waals surface area contributed by atoms with Gasteiger partial charge in [0.1, 0.15) is 11.9 Å². The van der Waals surface area contributed by atoms with Gasteiger partial charge in [0.2, 0.25) is 0 Å². The zero-order valence-corrected chi connectivity index (χ0v) is 11.1. The van der Waals surface area contributed by atoms with Crippen LogP contribution in [0.3, 0.4) is 0 Å². The maximum atomic E-state index is 6.17. The van der Waals surface area contributed by atoms with Crippen LogP contribution >= 0.6 is 0 Å². The summed E-state index contributed by atoms with van der Waals surface area (Å²) < 4.78 is 6.17. The van der Waals surface area contributed by atoms with Crippen molar-refractivity contribution in [3.63, 3.8) is 0 Å². The van der Waals surface area contributed by atoms with E-state index in [0.29, 0.717) is 12.0 Å². The Morgan fingerprint density at radius 1 is 1.18 bits per heavy atom. The van der Waals surface area contributed by atoms with Gasteiger partial charge < -0.3 is 9.64 Å². The SMILES string of the molecule is CC(C)c1ccccc1OC1CCN(C)CC1. The number of benzene rings is 1. The highest BCUT2D eigenvalue weighted by atomic mass is 16.5. The minimum Gasteiger partial charge on any atom is -0.490 e. The molecular formula is C15H23NO. The molecule has 94 valence electrons. The van der Waals surface area contributed by atoms with Crippen molar-refractivity contribution in [2.75, 3.05) is 20.1 Å². The normalized spacial score (nSPS) is 18.6. The average molecular weight is 233 g/mol. The lowest BCUT2D eigenvalue weighted by Gasteiger charge is -2.30. The van der Waals surface area contributed by atoms with E-state index < -0.39 is 0 Å². The second-order valence-electron chi connectivity index (χ2n) is 5.31. The van der Waals surface area contributed by atoms with E-state index in [0.717, 1.165) is 31.7 Å². The fraction of sp³-hybridized carbons (Fsp3) is 0.600. The summed E-state index contributed by atoms with van der Waals surface area (Å²) in [6.45, 7) is 6.73. The molecule has 0 N–H and O–H groups in total. The Labute approximate surface area is 105 Å². The Morgan fingerprint density at radius 2 is 1.82 bits per heavy atom. The van der Waals surface area contributed by atoms with Gasteiger partial charge in [0.15, 0.2) is 0 Å². The second kappa shape index (κ2) is 5.54. The maximum Gasteiger partial charge on any atom is 0.123 e. The van der Waals surface area contributed by atoms with Crippen LogP contribution in [0, 0.1) is 0 Å². The summed E-state index contributed by atoms with van der Waals surface area (Å²) in [6.07, 6.45) is 2.68. The predicted octanol–water partition coefficient (Wildman–Crippen LogP) is 3.28. The number of piperidine rings is 1. The fourth-order valence-corrected chi connectivity index (χ4v) is 2.35. The summed E-state index contributed by atoms with van der Waals surface area (Å²) >= 11 is 0. The van der Waals surface area contributed by atoms with E-state index in [-0.39, 0.29) is 0 Å². The third kappa shape index (κ3) is 3.22. The molecule has 0 saturated carbocycles. The number of ether oxygens (including phenoxy) is 1. The summed E-state index contributed by atoms with van der Waals surface area (Å²) in [5.74, 6) is 1.61. The molecular weight excluding hydrogens is 210 g/mol. The zero-order chi connectivity index (χ0) is 12.3. The molecule has 0 atom stereocenters. The van der Waals surface area contributed by atoms with Crippen LogP contribution in [-0.4, -0.2) is 31.1 Å². The molecule has 1 aromatic carbocycles. The molecule has 1 aromatic rings. The minimum atomic E-state index is 0.395. The summed E-state index contributed by atoms with van der Waals surface area (Å²) in [4.78, 5) is 2.37. The third-order valence-corrected chi connectivity index (χ3v) is 3.50. The van der Waals surface area contributed by atoms with Crippen LogP contribution in [0.4, 0.5) is 0 Å². The van der Waals surface area contributed by atoms with Crippen LogP contribution in [0.2, 0.25) is 0 Å². The largest absolute Gasteiger partial charge is 0.490 e. The quantitative estimate of drug-likeness (QED) is 0.794. The van der Waals surface area contributed by atoms with Crippen LogP contribution in [0.1, 0.15) is 38.2 Å². The number of hydrogen-bond donors (Lipinski definition) is 0. The van der Waals surface area contributed by atoms with Crippen molar-refractivity contribution in [2.24, 2.45) is 0 Å². The standard InChI is InChI=1S/C15H23NO/c1-12(2)14-6-4-5-7-15(14)17-13-8-10-16(3)11-9-13/h4-7,12-13H,8-11H2,1-3H3. The lowest BCUT2D eigenvalue weighted by Crippen LogP contribution is -2.35. The first-order chi connectivity index (χ1) is 8.16. The van der Waals surface area contributed by atoms with Crippen molar-refractivity contribution in [2.45, 2.75) is 38.7 Å². The summed E-state index contributed by atoms with van der Waals surface area (Å²) in [5.41, 5.74) is 1.33. The average Bonchev–Trinajstić information content (AvgIpc) is 2.32. The van der Waals surface area contributed by atoms with Crippen molar-refractivity contribution in [1.29, 1.82) is 0 Å². The summed E-state index contributed by atoms with van der Waals surface area (Å²) in [5, 5.41) is 0. The van der Waals surface area contributed by atoms with E-state index in [4.69, 9.17) is 4.74 Å². The molecule has 1 heterocycles. The molecule has 0 bridgehead atoms. The molecule has 2 nitrogen and oxygen atoms in total. The van der Waals surface area contributed by atoms with Crippen molar-refractivity contribution >= 4 is 0 Å². The summed E-state index contributed by atoms with van der Waals surface area (Å²) in [7, 11) is 2.18. The van der Waals surface area contributed by atoms with Crippen LogP contribution < -0.4 is 4.74 Å². The maximum absolute atomic E-state index is 6.17. The van der Waals surface area contributed by atoms with E-state index in [9.17, 15) is 0 Å². The molecule has 0 aliphatic carbocycles. The van der Waals surface area contributed by atoms with Gasteiger partial charge in [-0.1, -0.05) is 32.0 Å². The van der Waals surface area contributed by atoms with E-state index in [2.05, 4.69) is 50.1 Å². The Morgan fingerprint density at radius 3 is 2.47 bits per heavy atom. The molecule has 1 aliphatic rings. The van der Waals surface area contributed by atoms with Crippen molar-refractivity contribution in [1.82, 2.24) is 4.90 Å². The highest BCUT2D eigenvalue weighted by Gasteiger charge is 2.19. The zero-order valence-electron chi connectivity index (χ0n) is 11.1. The lowest BCUT2D eigenvalue weighted by molar-refractivity contribution is 0.113. The smallest absolute Gasteiger partial charge is 0.123 e. The molecule has 1 aliphatic heterocycles. The highest BCUT2D eigenvalue weighted by molar-refractivity contribution is 5.35. The van der Waals surface area contributed by atoms with Crippen molar-refractivity contribution in [3.05, 3.63) is 29.8 Å². The first-order valence-corrected chi connectivity index (χ1v) is 6.61. The fourth-order valence-electron chi connectivity index (χ4n) is 2.35. The molecule has 0 unspecified atom stereocenters. The van der Waals surface area contributed by atoms with Crippen LogP contribution in [-0.2, 0) is 0 Å². The van der Waals surface area contributed by atoms with Gasteiger partial charge in [-0.2, -0.15) is 0 Å². The van der Waals surface area contributed by atoms with Gasteiger partial charge in [-0.3, -0.25) is 0 Å². The Bertz CT molecular complexity index is 354. The number of likely N-dealkylation sites (tertiary alicyclic amines) is 1. The van der Waals surface area contributed by atoms with E-state index >= 15 is 0 Å². The van der Waals surface area contributed by atoms with Gasteiger partial charge in [0, 0.05) is 13.1 Å². The van der Waals surface area contributed by atoms with Gasteiger partial charge in [-0.25, -0.2) is 0 Å². The first-order valence-electron chi connectivity index (χ1n) is 6.61. The minimum absolute atomic E-state index is 0.395. The Balaban J connectivity index is 2.03. The number of hydrogen-bond acceptors (Lipinski definition) is 2. The van der Waals surface area contributed by atoms with Gasteiger partial charge >= 0.3 is 0 Å². The van der Waals surface area contributed by atoms with Crippen molar-refractivity contribution in [3.8, 4) is 5.75 Å². The van der Waals surface area contributed by atoms with Crippen molar-refractivity contribution < 1.29 is 4.74 Å². The predicted molar refractivity (Wildman–Crippen MR) is 71.7 cm³/mol. The van der Waals surface area contributed by atoms with Gasteiger partial charge in [-0.15, -0.1) is 0 Å². The third-order valence-electron chi connectivity index (χ3n) is 3.50. The topological polar surface area (TPSA) is 12.5 Å². The van der Waals surface area contributed by atoms with E-state index in [1.807, 2.05) is 0 Å². The lowest BCUT2D eigenvalue weighted by atomic mass is 10.0. The molecule has 1 saturated heterocycles. The molecule has 0 radical (unpaired) electrons. The molecule has 1 fully saturated rings. The molecule has 2 heteroatoms. The Kier molecular flexibility index (Phi) is 4.06. The molecule has 0 spiro atoms.